The van der Waals surface area contributed by atoms with Crippen LogP contribution >= 0.6 is 0 Å². The maximum Gasteiger partial charge on any atom is 0.255 e. The van der Waals surface area contributed by atoms with Crippen LogP contribution in [0.15, 0.2) is 48.5 Å². The highest BCUT2D eigenvalue weighted by molar-refractivity contribution is 7.92. The van der Waals surface area contributed by atoms with Crippen LogP contribution in [0.1, 0.15) is 48.5 Å². The number of hydrogen-bond donors (Lipinski definition) is 1. The van der Waals surface area contributed by atoms with E-state index in [9.17, 15) is 18.0 Å². The molecule has 3 rings (SSSR count). The van der Waals surface area contributed by atoms with Crippen LogP contribution in [0.5, 0.6) is 0 Å². The van der Waals surface area contributed by atoms with E-state index in [-0.39, 0.29) is 12.3 Å². The third-order valence-electron chi connectivity index (χ3n) is 5.68. The summed E-state index contributed by atoms with van der Waals surface area (Å²) in [6.07, 6.45) is 4.42. The van der Waals surface area contributed by atoms with Crippen LogP contribution in [0.25, 0.3) is 0 Å². The summed E-state index contributed by atoms with van der Waals surface area (Å²) in [4.78, 5) is 28.1. The number of anilines is 2. The molecule has 1 unspecified atom stereocenters. The number of likely N-dealkylation sites (tertiary alicyclic amines) is 1. The minimum Gasteiger partial charge on any atom is -0.339 e. The van der Waals surface area contributed by atoms with E-state index in [1.54, 1.807) is 48.2 Å². The summed E-state index contributed by atoms with van der Waals surface area (Å²) in [5, 5.41) is 2.82. The van der Waals surface area contributed by atoms with Crippen molar-refractivity contribution in [3.63, 3.8) is 0 Å². The summed E-state index contributed by atoms with van der Waals surface area (Å²) >= 11 is 0. The zero-order valence-electron chi connectivity index (χ0n) is 18.9. The fraction of sp³-hybridized carbons (Fsp3) is 0.417. The monoisotopic (exact) mass is 457 g/mol. The van der Waals surface area contributed by atoms with Crippen molar-refractivity contribution in [2.24, 2.45) is 0 Å². The number of sulfonamides is 1. The molecule has 2 amide bonds. The van der Waals surface area contributed by atoms with Crippen molar-refractivity contribution in [2.75, 3.05) is 29.0 Å². The number of nitrogens with zero attached hydrogens (tertiary/aromatic N) is 2. The molecule has 1 aliphatic rings. The summed E-state index contributed by atoms with van der Waals surface area (Å²) in [6.45, 7) is 5.08. The molecule has 0 radical (unpaired) electrons. The highest BCUT2D eigenvalue weighted by Crippen LogP contribution is 2.25. The number of hydrogen-bond acceptors (Lipinski definition) is 4. The summed E-state index contributed by atoms with van der Waals surface area (Å²) in [5.74, 6) is -0.593. The lowest BCUT2D eigenvalue weighted by Crippen LogP contribution is -2.47. The minimum absolute atomic E-state index is 0.118. The summed E-state index contributed by atoms with van der Waals surface area (Å²) < 4.78 is 26.4. The Morgan fingerprint density at radius 3 is 2.25 bits per heavy atom. The molecule has 2 aromatic carbocycles. The molecule has 2 aromatic rings. The van der Waals surface area contributed by atoms with Crippen LogP contribution in [0.4, 0.5) is 11.4 Å². The predicted octanol–water partition coefficient (Wildman–Crippen LogP) is 3.80. The molecule has 8 heteroatoms. The molecular formula is C24H31N3O4S. The highest BCUT2D eigenvalue weighted by atomic mass is 32.2. The Bertz CT molecular complexity index is 1060. The van der Waals surface area contributed by atoms with Gasteiger partial charge in [-0.3, -0.25) is 13.9 Å². The average Bonchev–Trinajstić information content (AvgIpc) is 2.78. The SMILES string of the molecule is CCC(C(=O)Nc1ccccc1C(=O)N1CCCCC1)N(c1ccc(C)cc1)S(C)(=O)=O. The van der Waals surface area contributed by atoms with Crippen molar-refractivity contribution in [1.82, 2.24) is 4.90 Å². The largest absolute Gasteiger partial charge is 0.339 e. The van der Waals surface area contributed by atoms with Crippen LogP contribution in [0.3, 0.4) is 0 Å². The number of benzene rings is 2. The van der Waals surface area contributed by atoms with Gasteiger partial charge in [0.15, 0.2) is 0 Å². The van der Waals surface area contributed by atoms with E-state index in [2.05, 4.69) is 5.32 Å². The van der Waals surface area contributed by atoms with Gasteiger partial charge in [0.1, 0.15) is 6.04 Å². The minimum atomic E-state index is -3.73. The normalized spacial score (nSPS) is 15.2. The third kappa shape index (κ3) is 5.48. The van der Waals surface area contributed by atoms with Crippen LogP contribution in [-0.2, 0) is 14.8 Å². The molecule has 0 aromatic heterocycles. The molecule has 7 nitrogen and oxygen atoms in total. The molecule has 1 heterocycles. The van der Waals surface area contributed by atoms with Gasteiger partial charge in [-0.15, -0.1) is 0 Å². The molecule has 1 saturated heterocycles. The van der Waals surface area contributed by atoms with Gasteiger partial charge in [-0.2, -0.15) is 0 Å². The lowest BCUT2D eigenvalue weighted by atomic mass is 10.1. The second kappa shape index (κ2) is 10.2. The van der Waals surface area contributed by atoms with E-state index in [0.29, 0.717) is 30.0 Å². The molecule has 0 saturated carbocycles. The zero-order valence-corrected chi connectivity index (χ0v) is 19.7. The fourth-order valence-electron chi connectivity index (χ4n) is 4.01. The van der Waals surface area contributed by atoms with E-state index < -0.39 is 22.0 Å². The molecule has 172 valence electrons. The Balaban J connectivity index is 1.89. The molecule has 1 fully saturated rings. The zero-order chi connectivity index (χ0) is 23.3. The maximum atomic E-state index is 13.3. The second-order valence-corrected chi connectivity index (χ2v) is 10.1. The predicted molar refractivity (Wildman–Crippen MR) is 127 cm³/mol. The third-order valence-corrected chi connectivity index (χ3v) is 6.86. The molecule has 0 spiro atoms. The van der Waals surface area contributed by atoms with Crippen LogP contribution in [-0.4, -0.2) is 50.5 Å². The number of para-hydroxylation sites is 1. The van der Waals surface area contributed by atoms with E-state index in [0.717, 1.165) is 35.4 Å². The maximum absolute atomic E-state index is 13.3. The van der Waals surface area contributed by atoms with Gasteiger partial charge in [0.05, 0.1) is 23.2 Å². The van der Waals surface area contributed by atoms with Crippen molar-refractivity contribution in [2.45, 2.75) is 45.6 Å². The van der Waals surface area contributed by atoms with Crippen molar-refractivity contribution < 1.29 is 18.0 Å². The van der Waals surface area contributed by atoms with Gasteiger partial charge in [-0.1, -0.05) is 36.8 Å². The average molecular weight is 458 g/mol. The fourth-order valence-corrected chi connectivity index (χ4v) is 5.23. The Morgan fingerprint density at radius 1 is 1.03 bits per heavy atom. The van der Waals surface area contributed by atoms with Crippen molar-refractivity contribution in [1.29, 1.82) is 0 Å². The Morgan fingerprint density at radius 2 is 1.66 bits per heavy atom. The lowest BCUT2D eigenvalue weighted by Gasteiger charge is -2.31. The molecule has 0 aliphatic carbocycles. The number of carbonyl (C=O) groups excluding carboxylic acids is 2. The Kier molecular flexibility index (Phi) is 7.56. The molecule has 1 N–H and O–H groups in total. The van der Waals surface area contributed by atoms with E-state index >= 15 is 0 Å². The second-order valence-electron chi connectivity index (χ2n) is 8.21. The van der Waals surface area contributed by atoms with E-state index in [1.165, 1.54) is 0 Å². The van der Waals surface area contributed by atoms with Gasteiger partial charge < -0.3 is 10.2 Å². The molecule has 1 aliphatic heterocycles. The summed E-state index contributed by atoms with van der Waals surface area (Å²) in [7, 11) is -3.73. The first-order valence-corrected chi connectivity index (χ1v) is 12.8. The van der Waals surface area contributed by atoms with Crippen LogP contribution in [0, 0.1) is 6.92 Å². The summed E-state index contributed by atoms with van der Waals surface area (Å²) in [6, 6.07) is 12.9. The van der Waals surface area contributed by atoms with Gasteiger partial charge in [0.25, 0.3) is 5.91 Å². The number of carbonyl (C=O) groups is 2. The molecule has 1 atom stereocenters. The molecule has 32 heavy (non-hydrogen) atoms. The highest BCUT2D eigenvalue weighted by Gasteiger charge is 2.32. The lowest BCUT2D eigenvalue weighted by molar-refractivity contribution is -0.117. The van der Waals surface area contributed by atoms with Gasteiger partial charge in [0, 0.05) is 13.1 Å². The van der Waals surface area contributed by atoms with E-state index in [1.807, 2.05) is 19.1 Å². The quantitative estimate of drug-likeness (QED) is 0.685. The van der Waals surface area contributed by atoms with Gasteiger partial charge in [0.2, 0.25) is 15.9 Å². The number of amides is 2. The first-order chi connectivity index (χ1) is 15.2. The standard InChI is InChI=1S/C24H31N3O4S/c1-4-22(27(32(3,30)31)19-14-12-18(2)13-15-19)23(28)25-21-11-7-6-10-20(21)24(29)26-16-8-5-9-17-26/h6-7,10-15,22H,4-5,8-9,16-17H2,1-3H3,(H,25,28). The first-order valence-electron chi connectivity index (χ1n) is 11.0. The number of nitrogens with one attached hydrogen (secondary N) is 1. The van der Waals surface area contributed by atoms with E-state index in [4.69, 9.17) is 0 Å². The van der Waals surface area contributed by atoms with Crippen molar-refractivity contribution >= 4 is 33.2 Å². The molecular weight excluding hydrogens is 426 g/mol. The number of piperidine rings is 1. The Hall–Kier alpha value is -2.87. The van der Waals surface area contributed by atoms with Crippen molar-refractivity contribution in [3.8, 4) is 0 Å². The van der Waals surface area contributed by atoms with Gasteiger partial charge in [-0.25, -0.2) is 8.42 Å². The van der Waals surface area contributed by atoms with Crippen LogP contribution < -0.4 is 9.62 Å². The Labute approximate surface area is 190 Å². The molecule has 0 bridgehead atoms. The topological polar surface area (TPSA) is 86.8 Å². The van der Waals surface area contributed by atoms with Gasteiger partial charge >= 0.3 is 0 Å². The van der Waals surface area contributed by atoms with Crippen molar-refractivity contribution in [3.05, 3.63) is 59.7 Å². The van der Waals surface area contributed by atoms with Gasteiger partial charge in [-0.05, 0) is 56.9 Å². The number of rotatable bonds is 7. The van der Waals surface area contributed by atoms with Crippen LogP contribution in [0.2, 0.25) is 0 Å². The smallest absolute Gasteiger partial charge is 0.255 e. The summed E-state index contributed by atoms with van der Waals surface area (Å²) in [5.41, 5.74) is 2.23. The first kappa shape index (κ1) is 23.8. The number of aryl methyl sites for hydroxylation is 1.